The number of carbonyl (C=O) groups is 1. The second kappa shape index (κ2) is 5.36. The van der Waals surface area contributed by atoms with Crippen molar-refractivity contribution < 1.29 is 9.18 Å². The lowest BCUT2D eigenvalue weighted by Crippen LogP contribution is -2.18. The summed E-state index contributed by atoms with van der Waals surface area (Å²) in [6.45, 7) is 0. The zero-order valence-electron chi connectivity index (χ0n) is 11.2. The van der Waals surface area contributed by atoms with Crippen LogP contribution in [0.1, 0.15) is 17.5 Å². The predicted molar refractivity (Wildman–Crippen MR) is 76.9 cm³/mol. The van der Waals surface area contributed by atoms with Crippen molar-refractivity contribution >= 4 is 17.2 Å². The van der Waals surface area contributed by atoms with Gasteiger partial charge in [0, 0.05) is 18.0 Å². The van der Waals surface area contributed by atoms with Gasteiger partial charge in [-0.05, 0) is 48.2 Å². The van der Waals surface area contributed by atoms with Crippen LogP contribution in [0.3, 0.4) is 0 Å². The zero-order valence-corrected chi connectivity index (χ0v) is 11.2. The van der Waals surface area contributed by atoms with Crippen molar-refractivity contribution in [3.63, 3.8) is 0 Å². The summed E-state index contributed by atoms with van der Waals surface area (Å²) >= 11 is 0. The average molecular weight is 282 g/mol. The van der Waals surface area contributed by atoms with Crippen molar-refractivity contribution in [1.29, 1.82) is 0 Å². The van der Waals surface area contributed by atoms with E-state index in [0.717, 1.165) is 5.56 Å². The molecule has 0 spiro atoms. The summed E-state index contributed by atoms with van der Waals surface area (Å²) in [5.41, 5.74) is 8.57. The van der Waals surface area contributed by atoms with Crippen molar-refractivity contribution in [2.75, 3.05) is 0 Å². The molecule has 21 heavy (non-hydrogen) atoms. The SMILES string of the molecule is NC(=O)C1=C(CCc2cccnc2)c2cc(F)ccc2[N]1. The van der Waals surface area contributed by atoms with Gasteiger partial charge in [-0.2, -0.15) is 0 Å². The van der Waals surface area contributed by atoms with Crippen LogP contribution in [0.4, 0.5) is 10.1 Å². The van der Waals surface area contributed by atoms with Crippen molar-refractivity contribution in [1.82, 2.24) is 10.3 Å². The van der Waals surface area contributed by atoms with Gasteiger partial charge in [0.2, 0.25) is 0 Å². The Balaban J connectivity index is 1.91. The van der Waals surface area contributed by atoms with Crippen molar-refractivity contribution in [3.8, 4) is 0 Å². The van der Waals surface area contributed by atoms with Crippen LogP contribution in [-0.2, 0) is 11.2 Å². The van der Waals surface area contributed by atoms with Crippen LogP contribution < -0.4 is 11.1 Å². The molecule has 1 aliphatic heterocycles. The number of pyridine rings is 1. The molecule has 0 unspecified atom stereocenters. The molecule has 0 bridgehead atoms. The van der Waals surface area contributed by atoms with Gasteiger partial charge in [0.05, 0.1) is 5.69 Å². The van der Waals surface area contributed by atoms with E-state index in [9.17, 15) is 9.18 Å². The fourth-order valence-electron chi connectivity index (χ4n) is 2.44. The van der Waals surface area contributed by atoms with E-state index in [1.807, 2.05) is 12.1 Å². The first-order valence-electron chi connectivity index (χ1n) is 6.58. The number of fused-ring (bicyclic) bond motifs is 1. The van der Waals surface area contributed by atoms with Crippen LogP contribution in [0.15, 0.2) is 48.4 Å². The van der Waals surface area contributed by atoms with Gasteiger partial charge < -0.3 is 5.73 Å². The average Bonchev–Trinajstić information content (AvgIpc) is 2.84. The maximum Gasteiger partial charge on any atom is 0.267 e. The van der Waals surface area contributed by atoms with E-state index >= 15 is 0 Å². The minimum atomic E-state index is -0.590. The number of halogens is 1. The molecule has 3 rings (SSSR count). The van der Waals surface area contributed by atoms with E-state index in [-0.39, 0.29) is 11.5 Å². The van der Waals surface area contributed by atoms with Gasteiger partial charge in [0.1, 0.15) is 11.5 Å². The van der Waals surface area contributed by atoms with E-state index < -0.39 is 5.91 Å². The molecule has 1 aromatic heterocycles. The monoisotopic (exact) mass is 282 g/mol. The molecule has 2 N–H and O–H groups in total. The molecule has 105 valence electrons. The highest BCUT2D eigenvalue weighted by molar-refractivity contribution is 6.04. The Morgan fingerprint density at radius 3 is 2.81 bits per heavy atom. The Labute approximate surface area is 121 Å². The van der Waals surface area contributed by atoms with Crippen molar-refractivity contribution in [2.24, 2.45) is 5.73 Å². The summed E-state index contributed by atoms with van der Waals surface area (Å²) in [6, 6.07) is 8.09. The standard InChI is InChI=1S/C16H13FN3O/c17-11-4-6-14-13(8-11)12(15(20-14)16(18)21)5-3-10-2-1-7-19-9-10/h1-2,4,6-9H,3,5H2,(H2,18,21). The summed E-state index contributed by atoms with van der Waals surface area (Å²) in [7, 11) is 0. The number of primary amides is 1. The molecule has 0 aliphatic carbocycles. The lowest BCUT2D eigenvalue weighted by atomic mass is 9.98. The largest absolute Gasteiger partial charge is 0.364 e. The predicted octanol–water partition coefficient (Wildman–Crippen LogP) is 2.30. The van der Waals surface area contributed by atoms with Crippen molar-refractivity contribution in [2.45, 2.75) is 12.8 Å². The molecule has 0 fully saturated rings. The van der Waals surface area contributed by atoms with E-state index in [2.05, 4.69) is 10.3 Å². The Hall–Kier alpha value is -2.69. The molecule has 1 aliphatic rings. The number of aromatic nitrogens is 1. The second-order valence-electron chi connectivity index (χ2n) is 4.83. The first-order valence-corrected chi connectivity index (χ1v) is 6.58. The molecule has 1 radical (unpaired) electrons. The molecule has 1 aromatic carbocycles. The molecular weight excluding hydrogens is 269 g/mol. The Bertz CT molecular complexity index is 726. The topological polar surface area (TPSA) is 70.1 Å². The molecule has 2 heterocycles. The van der Waals surface area contributed by atoms with E-state index in [4.69, 9.17) is 5.73 Å². The number of allylic oxidation sites excluding steroid dienone is 1. The number of nitrogens with zero attached hydrogens (tertiary/aromatic N) is 2. The number of hydrogen-bond donors (Lipinski definition) is 1. The van der Waals surface area contributed by atoms with Gasteiger partial charge >= 0.3 is 0 Å². The summed E-state index contributed by atoms with van der Waals surface area (Å²) in [6.07, 6.45) is 4.71. The van der Waals surface area contributed by atoms with Gasteiger partial charge in [-0.3, -0.25) is 9.78 Å². The number of rotatable bonds is 4. The van der Waals surface area contributed by atoms with Crippen LogP contribution >= 0.6 is 0 Å². The second-order valence-corrected chi connectivity index (χ2v) is 4.83. The van der Waals surface area contributed by atoms with Crippen LogP contribution in [0.5, 0.6) is 0 Å². The van der Waals surface area contributed by atoms with E-state index in [0.29, 0.717) is 29.7 Å². The summed E-state index contributed by atoms with van der Waals surface area (Å²) in [4.78, 5) is 15.6. The quantitative estimate of drug-likeness (QED) is 0.934. The van der Waals surface area contributed by atoms with Gasteiger partial charge in [0.25, 0.3) is 5.91 Å². The third kappa shape index (κ3) is 2.63. The van der Waals surface area contributed by atoms with Crippen LogP contribution in [0, 0.1) is 5.82 Å². The van der Waals surface area contributed by atoms with Gasteiger partial charge in [-0.25, -0.2) is 9.71 Å². The van der Waals surface area contributed by atoms with Crippen LogP contribution in [0.2, 0.25) is 0 Å². The Morgan fingerprint density at radius 1 is 1.24 bits per heavy atom. The lowest BCUT2D eigenvalue weighted by molar-refractivity contribution is -0.114. The molecule has 1 amide bonds. The molecule has 5 heteroatoms. The van der Waals surface area contributed by atoms with Crippen molar-refractivity contribution in [3.05, 3.63) is 65.4 Å². The maximum atomic E-state index is 13.4. The minimum Gasteiger partial charge on any atom is -0.364 e. The number of benzene rings is 1. The first-order chi connectivity index (χ1) is 10.1. The number of hydrogen-bond acceptors (Lipinski definition) is 2. The fraction of sp³-hybridized carbons (Fsp3) is 0.125. The zero-order chi connectivity index (χ0) is 14.8. The first kappa shape index (κ1) is 13.3. The van der Waals surface area contributed by atoms with Gasteiger partial charge in [0.15, 0.2) is 0 Å². The number of carbonyl (C=O) groups excluding carboxylic acids is 1. The third-order valence-corrected chi connectivity index (χ3v) is 3.42. The minimum absolute atomic E-state index is 0.222. The van der Waals surface area contributed by atoms with Gasteiger partial charge in [-0.15, -0.1) is 0 Å². The lowest BCUT2D eigenvalue weighted by Gasteiger charge is -2.05. The molecular formula is C16H13FN3O. The Kier molecular flexibility index (Phi) is 3.39. The van der Waals surface area contributed by atoms with E-state index in [1.54, 1.807) is 18.5 Å². The molecule has 2 aromatic rings. The smallest absolute Gasteiger partial charge is 0.267 e. The molecule has 4 nitrogen and oxygen atoms in total. The summed E-state index contributed by atoms with van der Waals surface area (Å²) < 4.78 is 13.4. The number of nitrogens with two attached hydrogens (primary N) is 1. The molecule has 0 saturated heterocycles. The summed E-state index contributed by atoms with van der Waals surface area (Å²) in [5, 5.41) is 4.21. The highest BCUT2D eigenvalue weighted by Crippen LogP contribution is 2.37. The highest BCUT2D eigenvalue weighted by Gasteiger charge is 2.26. The highest BCUT2D eigenvalue weighted by atomic mass is 19.1. The molecule has 0 saturated carbocycles. The fourth-order valence-corrected chi connectivity index (χ4v) is 2.44. The van der Waals surface area contributed by atoms with Gasteiger partial charge in [-0.1, -0.05) is 6.07 Å². The van der Waals surface area contributed by atoms with Crippen LogP contribution in [0.25, 0.3) is 5.57 Å². The Morgan fingerprint density at radius 2 is 2.10 bits per heavy atom. The number of amides is 1. The maximum absolute atomic E-state index is 13.4. The normalized spacial score (nSPS) is 13.0. The summed E-state index contributed by atoms with van der Waals surface area (Å²) in [5.74, 6) is -0.943. The van der Waals surface area contributed by atoms with Crippen LogP contribution in [-0.4, -0.2) is 10.9 Å². The molecule has 0 atom stereocenters. The third-order valence-electron chi connectivity index (χ3n) is 3.42. The van der Waals surface area contributed by atoms with E-state index in [1.165, 1.54) is 12.1 Å². The number of aryl methyl sites for hydroxylation is 1.